The molecule has 0 aliphatic heterocycles. The molecule has 0 bridgehead atoms. The molecule has 1 aromatic rings. The van der Waals surface area contributed by atoms with Gasteiger partial charge in [-0.2, -0.15) is 0 Å². The van der Waals surface area contributed by atoms with Crippen molar-refractivity contribution in [1.82, 2.24) is 0 Å². The monoisotopic (exact) mass is 494 g/mol. The van der Waals surface area contributed by atoms with Crippen molar-refractivity contribution in [2.75, 3.05) is 0 Å². The Morgan fingerprint density at radius 3 is 1.81 bits per heavy atom. The molecular weight excluding hydrogens is 440 g/mol. The van der Waals surface area contributed by atoms with Gasteiger partial charge in [0.2, 0.25) is 0 Å². The quantitative estimate of drug-likeness (QED) is 0.332. The third-order valence-corrected chi connectivity index (χ3v) is 10.8. The fourth-order valence-corrected chi connectivity index (χ4v) is 8.25. The smallest absolute Gasteiger partial charge is 0.314 e. The fraction of sp³-hybridized carbons (Fsp3) is 0.794. The van der Waals surface area contributed by atoms with Crippen molar-refractivity contribution >= 4 is 5.97 Å². The summed E-state index contributed by atoms with van der Waals surface area (Å²) in [5.74, 6) is 3.82. The highest BCUT2D eigenvalue weighted by Crippen LogP contribution is 2.47. The van der Waals surface area contributed by atoms with Crippen LogP contribution < -0.4 is 0 Å². The zero-order chi connectivity index (χ0) is 25.4. The molecule has 0 atom stereocenters. The van der Waals surface area contributed by atoms with E-state index in [1.165, 1.54) is 95.5 Å². The maximum Gasteiger partial charge on any atom is 0.314 e. The Morgan fingerprint density at radius 2 is 1.25 bits per heavy atom. The number of carboxylic acids is 1. The summed E-state index contributed by atoms with van der Waals surface area (Å²) >= 11 is 0. The highest BCUT2D eigenvalue weighted by Gasteiger charge is 2.45. The van der Waals surface area contributed by atoms with Crippen LogP contribution in [0.3, 0.4) is 0 Å². The summed E-state index contributed by atoms with van der Waals surface area (Å²) < 4.78 is 0. The number of hydrogen-bond donors (Lipinski definition) is 1. The van der Waals surface area contributed by atoms with Gasteiger partial charge in [-0.1, -0.05) is 109 Å². The summed E-state index contributed by atoms with van der Waals surface area (Å²) in [6.07, 6.45) is 24.4. The molecule has 0 unspecified atom stereocenters. The molecule has 0 amide bonds. The molecule has 1 N–H and O–H groups in total. The number of unbranched alkanes of at least 4 members (excludes halogenated alkanes) is 1. The second-order valence-electron chi connectivity index (χ2n) is 13.1. The van der Waals surface area contributed by atoms with E-state index in [0.29, 0.717) is 0 Å². The maximum absolute atomic E-state index is 12.6. The number of aryl methyl sites for hydroxylation is 1. The lowest BCUT2D eigenvalue weighted by Crippen LogP contribution is -2.41. The first-order chi connectivity index (χ1) is 17.5. The van der Waals surface area contributed by atoms with Crippen LogP contribution in [0.4, 0.5) is 0 Å². The normalized spacial score (nSPS) is 33.3. The molecule has 1 aromatic carbocycles. The van der Waals surface area contributed by atoms with Crippen LogP contribution in [0.15, 0.2) is 24.3 Å². The number of hydrogen-bond acceptors (Lipinski definition) is 1. The molecule has 2 heteroatoms. The summed E-state index contributed by atoms with van der Waals surface area (Å²) in [4.78, 5) is 12.6. The number of carbonyl (C=O) groups is 1. The van der Waals surface area contributed by atoms with Gasteiger partial charge < -0.3 is 5.11 Å². The average molecular weight is 495 g/mol. The molecule has 3 fully saturated rings. The van der Waals surface area contributed by atoms with Crippen LogP contribution in [0, 0.1) is 29.6 Å². The second kappa shape index (κ2) is 13.5. The minimum Gasteiger partial charge on any atom is -0.481 e. The fourth-order valence-electron chi connectivity index (χ4n) is 8.25. The van der Waals surface area contributed by atoms with Crippen molar-refractivity contribution in [1.29, 1.82) is 0 Å². The van der Waals surface area contributed by atoms with Gasteiger partial charge in [0, 0.05) is 0 Å². The van der Waals surface area contributed by atoms with E-state index < -0.39 is 11.4 Å². The van der Waals surface area contributed by atoms with Crippen LogP contribution in [0.2, 0.25) is 0 Å². The van der Waals surface area contributed by atoms with E-state index in [-0.39, 0.29) is 0 Å². The maximum atomic E-state index is 12.6. The van der Waals surface area contributed by atoms with Crippen LogP contribution in [0.5, 0.6) is 0 Å². The Bertz CT molecular complexity index is 772. The minimum absolute atomic E-state index is 0.597. The van der Waals surface area contributed by atoms with Gasteiger partial charge in [0.15, 0.2) is 0 Å². The Hall–Kier alpha value is -1.31. The zero-order valence-corrected chi connectivity index (χ0v) is 23.5. The molecule has 3 aliphatic rings. The standard InChI is InChI=1S/C34H54O2/c1-3-5-7-27-8-10-28(11-9-27)12-13-29-16-20-32(21-17-29)34(33(35)36)24-22-31(23-25-34)30-18-14-26(6-4-2)15-19-30/h16-17,20-21,26-28,30-31H,3-15,18-19,22-25H2,1-2H3,(H,35,36). The van der Waals surface area contributed by atoms with Crippen LogP contribution >= 0.6 is 0 Å². The van der Waals surface area contributed by atoms with E-state index in [1.807, 2.05) is 0 Å². The van der Waals surface area contributed by atoms with Gasteiger partial charge in [-0.25, -0.2) is 0 Å². The van der Waals surface area contributed by atoms with Gasteiger partial charge in [-0.15, -0.1) is 0 Å². The van der Waals surface area contributed by atoms with Gasteiger partial charge in [0.05, 0.1) is 5.41 Å². The summed E-state index contributed by atoms with van der Waals surface area (Å²) in [5.41, 5.74) is 1.79. The highest BCUT2D eigenvalue weighted by atomic mass is 16.4. The lowest BCUT2D eigenvalue weighted by Gasteiger charge is -2.42. The molecular formula is C34H54O2. The van der Waals surface area contributed by atoms with Crippen molar-refractivity contribution < 1.29 is 9.90 Å². The van der Waals surface area contributed by atoms with Crippen molar-refractivity contribution in [3.05, 3.63) is 35.4 Å². The summed E-state index contributed by atoms with van der Waals surface area (Å²) in [6, 6.07) is 8.82. The molecule has 0 heterocycles. The topological polar surface area (TPSA) is 37.3 Å². The molecule has 3 saturated carbocycles. The SMILES string of the molecule is CCCCC1CCC(CCc2ccc(C3(C(=O)O)CCC(C4CCC(CCC)CC4)CC3)cc2)CC1. The second-order valence-corrected chi connectivity index (χ2v) is 13.1. The molecule has 3 aliphatic carbocycles. The van der Waals surface area contributed by atoms with Gasteiger partial charge in [0.25, 0.3) is 0 Å². The lowest BCUT2D eigenvalue weighted by molar-refractivity contribution is -0.146. The molecule has 202 valence electrons. The van der Waals surface area contributed by atoms with Crippen LogP contribution in [0.1, 0.15) is 141 Å². The Labute approximate surface area is 222 Å². The van der Waals surface area contributed by atoms with E-state index in [2.05, 4.69) is 38.1 Å². The molecule has 36 heavy (non-hydrogen) atoms. The van der Waals surface area contributed by atoms with Gasteiger partial charge in [-0.05, 0) is 92.1 Å². The van der Waals surface area contributed by atoms with Gasteiger partial charge >= 0.3 is 5.97 Å². The van der Waals surface area contributed by atoms with Crippen molar-refractivity contribution in [3.63, 3.8) is 0 Å². The molecule has 0 saturated heterocycles. The van der Waals surface area contributed by atoms with Gasteiger partial charge in [-0.3, -0.25) is 4.79 Å². The van der Waals surface area contributed by atoms with Crippen LogP contribution in [-0.4, -0.2) is 11.1 Å². The van der Waals surface area contributed by atoms with Crippen LogP contribution in [0.25, 0.3) is 0 Å². The Morgan fingerprint density at radius 1 is 0.722 bits per heavy atom. The molecule has 2 nitrogen and oxygen atoms in total. The molecule has 0 spiro atoms. The number of benzene rings is 1. The first-order valence-electron chi connectivity index (χ1n) is 15.9. The third-order valence-electron chi connectivity index (χ3n) is 10.8. The molecule has 0 aromatic heterocycles. The minimum atomic E-state index is -0.661. The summed E-state index contributed by atoms with van der Waals surface area (Å²) in [7, 11) is 0. The first kappa shape index (κ1) is 27.7. The first-order valence-corrected chi connectivity index (χ1v) is 15.9. The lowest BCUT2D eigenvalue weighted by atomic mass is 9.62. The Kier molecular flexibility index (Phi) is 10.4. The van der Waals surface area contributed by atoms with E-state index in [9.17, 15) is 9.90 Å². The summed E-state index contributed by atoms with van der Waals surface area (Å²) in [6.45, 7) is 4.62. The zero-order valence-electron chi connectivity index (χ0n) is 23.5. The predicted octanol–water partition coefficient (Wildman–Crippen LogP) is 9.73. The Balaban J connectivity index is 1.26. The summed E-state index contributed by atoms with van der Waals surface area (Å²) in [5, 5.41) is 10.4. The van der Waals surface area contributed by atoms with Crippen molar-refractivity contribution in [2.24, 2.45) is 29.6 Å². The van der Waals surface area contributed by atoms with E-state index in [4.69, 9.17) is 0 Å². The predicted molar refractivity (Wildman–Crippen MR) is 151 cm³/mol. The molecule has 0 radical (unpaired) electrons. The average Bonchev–Trinajstić information content (AvgIpc) is 2.92. The highest BCUT2D eigenvalue weighted by molar-refractivity contribution is 5.81. The van der Waals surface area contributed by atoms with E-state index in [0.717, 1.165) is 67.3 Å². The van der Waals surface area contributed by atoms with Crippen molar-refractivity contribution in [3.8, 4) is 0 Å². The van der Waals surface area contributed by atoms with E-state index in [1.54, 1.807) is 0 Å². The number of aliphatic carboxylic acids is 1. The number of rotatable bonds is 11. The van der Waals surface area contributed by atoms with Crippen molar-refractivity contribution in [2.45, 2.75) is 141 Å². The van der Waals surface area contributed by atoms with Crippen LogP contribution in [-0.2, 0) is 16.6 Å². The van der Waals surface area contributed by atoms with E-state index >= 15 is 0 Å². The number of carboxylic acid groups (broad SMARTS) is 1. The largest absolute Gasteiger partial charge is 0.481 e. The third kappa shape index (κ3) is 6.96. The van der Waals surface area contributed by atoms with Gasteiger partial charge in [0.1, 0.15) is 0 Å². The molecule has 4 rings (SSSR count).